The second-order valence-electron chi connectivity index (χ2n) is 5.78. The van der Waals surface area contributed by atoms with Crippen molar-refractivity contribution in [2.75, 3.05) is 13.1 Å². The van der Waals surface area contributed by atoms with Gasteiger partial charge in [-0.1, -0.05) is 31.5 Å². The molecule has 0 bridgehead atoms. The number of urea groups is 1. The Kier molecular flexibility index (Phi) is 5.43. The molecule has 1 heterocycles. The Balaban J connectivity index is 1.91. The van der Waals surface area contributed by atoms with E-state index in [1.54, 1.807) is 0 Å². The lowest BCUT2D eigenvalue weighted by molar-refractivity contribution is 0.179. The maximum atomic E-state index is 12.3. The molecule has 1 atom stereocenters. The van der Waals surface area contributed by atoms with Crippen molar-refractivity contribution in [2.45, 2.75) is 57.4 Å². The number of carbonyl (C=O) groups is 1. The van der Waals surface area contributed by atoms with Gasteiger partial charge in [-0.25, -0.2) is 4.79 Å². The summed E-state index contributed by atoms with van der Waals surface area (Å²) in [7, 11) is 0. The van der Waals surface area contributed by atoms with Gasteiger partial charge in [0, 0.05) is 13.1 Å². The molecule has 1 aliphatic heterocycles. The van der Waals surface area contributed by atoms with Crippen LogP contribution in [0.2, 0.25) is 0 Å². The quantitative estimate of drug-likeness (QED) is 0.782. The minimum absolute atomic E-state index is 0.0167. The van der Waals surface area contributed by atoms with Crippen LogP contribution >= 0.6 is 12.2 Å². The van der Waals surface area contributed by atoms with E-state index < -0.39 is 0 Å². The normalized spacial score (nSPS) is 22.8. The number of rotatable bonds is 3. The number of nitrogens with zero attached hydrogens (tertiary/aromatic N) is 1. The molecule has 108 valence electrons. The highest BCUT2D eigenvalue weighted by atomic mass is 32.1. The fourth-order valence-electron chi connectivity index (χ4n) is 3.21. The second kappa shape index (κ2) is 7.08. The molecule has 2 rings (SSSR count). The van der Waals surface area contributed by atoms with Gasteiger partial charge >= 0.3 is 6.03 Å². The zero-order valence-corrected chi connectivity index (χ0v) is 12.4. The van der Waals surface area contributed by atoms with Gasteiger partial charge in [0.25, 0.3) is 0 Å². The molecule has 4 nitrogen and oxygen atoms in total. The second-order valence-corrected chi connectivity index (χ2v) is 6.25. The van der Waals surface area contributed by atoms with Crippen molar-refractivity contribution in [2.24, 2.45) is 11.7 Å². The van der Waals surface area contributed by atoms with Crippen molar-refractivity contribution in [3.63, 3.8) is 0 Å². The first-order valence-corrected chi connectivity index (χ1v) is 7.94. The van der Waals surface area contributed by atoms with Crippen LogP contribution < -0.4 is 11.1 Å². The minimum Gasteiger partial charge on any atom is -0.392 e. The predicted molar refractivity (Wildman–Crippen MR) is 81.1 cm³/mol. The molecule has 19 heavy (non-hydrogen) atoms. The van der Waals surface area contributed by atoms with E-state index in [-0.39, 0.29) is 12.1 Å². The molecule has 0 radical (unpaired) electrons. The molecule has 1 unspecified atom stereocenters. The summed E-state index contributed by atoms with van der Waals surface area (Å²) in [4.78, 5) is 14.6. The summed E-state index contributed by atoms with van der Waals surface area (Å²) in [5, 5.41) is 3.08. The number of piperidine rings is 1. The summed E-state index contributed by atoms with van der Waals surface area (Å²) in [6, 6.07) is -0.104. The van der Waals surface area contributed by atoms with Crippen LogP contribution in [-0.2, 0) is 0 Å². The number of thiocarbonyl (C=S) groups is 1. The maximum absolute atomic E-state index is 12.3. The highest BCUT2D eigenvalue weighted by Crippen LogP contribution is 2.27. The van der Waals surface area contributed by atoms with Gasteiger partial charge in [0.15, 0.2) is 0 Å². The lowest BCUT2D eigenvalue weighted by Crippen LogP contribution is -2.53. The van der Waals surface area contributed by atoms with Crippen molar-refractivity contribution in [3.05, 3.63) is 0 Å². The van der Waals surface area contributed by atoms with E-state index in [1.807, 2.05) is 4.90 Å². The van der Waals surface area contributed by atoms with E-state index in [0.717, 1.165) is 38.8 Å². The number of amides is 2. The molecule has 0 aromatic carbocycles. The summed E-state index contributed by atoms with van der Waals surface area (Å²) in [5.41, 5.74) is 5.84. The van der Waals surface area contributed by atoms with Gasteiger partial charge < -0.3 is 16.0 Å². The Morgan fingerprint density at radius 1 is 1.11 bits per heavy atom. The Morgan fingerprint density at radius 2 is 1.68 bits per heavy atom. The molecule has 0 aromatic heterocycles. The van der Waals surface area contributed by atoms with E-state index in [4.69, 9.17) is 18.0 Å². The predicted octanol–water partition coefficient (Wildman–Crippen LogP) is 2.42. The molecule has 2 amide bonds. The average Bonchev–Trinajstić information content (AvgIpc) is 2.46. The first kappa shape index (κ1) is 14.6. The number of nitrogens with two attached hydrogens (primary N) is 1. The van der Waals surface area contributed by atoms with Gasteiger partial charge in [-0.05, 0) is 38.0 Å². The summed E-state index contributed by atoms with van der Waals surface area (Å²) < 4.78 is 0. The summed E-state index contributed by atoms with van der Waals surface area (Å²) in [6.07, 6.45) is 9.44. The van der Waals surface area contributed by atoms with E-state index in [2.05, 4.69) is 5.32 Å². The number of likely N-dealkylation sites (tertiary alicyclic amines) is 1. The van der Waals surface area contributed by atoms with Crippen molar-refractivity contribution in [3.8, 4) is 0 Å². The van der Waals surface area contributed by atoms with Crippen molar-refractivity contribution in [1.82, 2.24) is 10.2 Å². The van der Waals surface area contributed by atoms with Crippen LogP contribution in [0, 0.1) is 5.92 Å². The monoisotopic (exact) mass is 283 g/mol. The van der Waals surface area contributed by atoms with Crippen molar-refractivity contribution >= 4 is 23.2 Å². The van der Waals surface area contributed by atoms with Crippen LogP contribution in [0.15, 0.2) is 0 Å². The van der Waals surface area contributed by atoms with Gasteiger partial charge in [-0.3, -0.25) is 0 Å². The summed E-state index contributed by atoms with van der Waals surface area (Å²) in [6.45, 7) is 1.72. The lowest BCUT2D eigenvalue weighted by Gasteiger charge is -2.33. The van der Waals surface area contributed by atoms with Crippen LogP contribution in [0.25, 0.3) is 0 Å². The fourth-order valence-corrected chi connectivity index (χ4v) is 3.46. The highest BCUT2D eigenvalue weighted by molar-refractivity contribution is 7.80. The molecule has 0 spiro atoms. The third-order valence-electron chi connectivity index (χ3n) is 4.35. The molecule has 2 fully saturated rings. The topological polar surface area (TPSA) is 58.4 Å². The molecule has 0 aromatic rings. The lowest BCUT2D eigenvalue weighted by atomic mass is 9.84. The molecule has 2 aliphatic rings. The highest BCUT2D eigenvalue weighted by Gasteiger charge is 2.29. The summed E-state index contributed by atoms with van der Waals surface area (Å²) in [5.74, 6) is 0.431. The van der Waals surface area contributed by atoms with E-state index in [0.29, 0.717) is 10.9 Å². The molecule has 1 aliphatic carbocycles. The molecular weight excluding hydrogens is 258 g/mol. The van der Waals surface area contributed by atoms with Crippen LogP contribution in [-0.4, -0.2) is 35.1 Å². The Bertz CT molecular complexity index is 323. The Labute approximate surface area is 121 Å². The number of nitrogens with one attached hydrogen (secondary N) is 1. The first-order chi connectivity index (χ1) is 9.18. The SMILES string of the molecule is NC(=S)C(NC(=O)N1CCCCC1)C1CCCCC1. The minimum atomic E-state index is -0.121. The van der Waals surface area contributed by atoms with Gasteiger partial charge in [0.1, 0.15) is 0 Å². The van der Waals surface area contributed by atoms with Crippen LogP contribution in [0.1, 0.15) is 51.4 Å². The third kappa shape index (κ3) is 4.06. The number of carbonyl (C=O) groups excluding carboxylic acids is 1. The van der Waals surface area contributed by atoms with E-state index >= 15 is 0 Å². The van der Waals surface area contributed by atoms with Gasteiger partial charge in [-0.2, -0.15) is 0 Å². The first-order valence-electron chi connectivity index (χ1n) is 7.53. The van der Waals surface area contributed by atoms with Gasteiger partial charge in [0.2, 0.25) is 0 Å². The van der Waals surface area contributed by atoms with Crippen molar-refractivity contribution < 1.29 is 4.79 Å². The molecule has 3 N–H and O–H groups in total. The van der Waals surface area contributed by atoms with Gasteiger partial charge in [0.05, 0.1) is 11.0 Å². The third-order valence-corrected chi connectivity index (χ3v) is 4.60. The van der Waals surface area contributed by atoms with Crippen molar-refractivity contribution in [1.29, 1.82) is 0 Å². The molecule has 5 heteroatoms. The average molecular weight is 283 g/mol. The van der Waals surface area contributed by atoms with Crippen LogP contribution in [0.3, 0.4) is 0 Å². The zero-order valence-electron chi connectivity index (χ0n) is 11.6. The Morgan fingerprint density at radius 3 is 2.26 bits per heavy atom. The van der Waals surface area contributed by atoms with Crippen LogP contribution in [0.4, 0.5) is 4.79 Å². The van der Waals surface area contributed by atoms with Crippen LogP contribution in [0.5, 0.6) is 0 Å². The standard InChI is InChI=1S/C14H25N3OS/c15-13(19)12(11-7-3-1-4-8-11)16-14(18)17-9-5-2-6-10-17/h11-12H,1-10H2,(H2,15,19)(H,16,18). The molecule has 1 saturated carbocycles. The Hall–Kier alpha value is -0.840. The number of hydrogen-bond acceptors (Lipinski definition) is 2. The number of hydrogen-bond donors (Lipinski definition) is 2. The smallest absolute Gasteiger partial charge is 0.317 e. The van der Waals surface area contributed by atoms with E-state index in [9.17, 15) is 4.79 Å². The largest absolute Gasteiger partial charge is 0.392 e. The van der Waals surface area contributed by atoms with Gasteiger partial charge in [-0.15, -0.1) is 0 Å². The maximum Gasteiger partial charge on any atom is 0.317 e. The summed E-state index contributed by atoms with van der Waals surface area (Å²) >= 11 is 5.16. The molecular formula is C14H25N3OS. The zero-order chi connectivity index (χ0) is 13.7. The fraction of sp³-hybridized carbons (Fsp3) is 0.857. The molecule has 1 saturated heterocycles. The van der Waals surface area contributed by atoms with E-state index in [1.165, 1.54) is 25.7 Å².